The van der Waals surface area contributed by atoms with Crippen LogP contribution in [0.4, 0.5) is 11.4 Å². The molecule has 0 unspecified atom stereocenters. The zero-order valence-corrected chi connectivity index (χ0v) is 12.2. The number of rotatable bonds is 4. The lowest BCUT2D eigenvalue weighted by molar-refractivity contribution is 0.843. The van der Waals surface area contributed by atoms with E-state index in [0.717, 1.165) is 11.4 Å². The summed E-state index contributed by atoms with van der Waals surface area (Å²) in [5.74, 6) is 0.984. The van der Waals surface area contributed by atoms with Crippen LogP contribution in [0.1, 0.15) is 50.7 Å². The molecule has 19 heavy (non-hydrogen) atoms. The maximum Gasteiger partial charge on any atom is 0.0671 e. The monoisotopic (exact) mass is 252 g/mol. The van der Waals surface area contributed by atoms with Gasteiger partial charge in [-0.15, -0.1) is 0 Å². The van der Waals surface area contributed by atoms with Crippen LogP contribution >= 0.6 is 0 Å². The van der Waals surface area contributed by atoms with Crippen molar-refractivity contribution in [3.05, 3.63) is 59.7 Å². The van der Waals surface area contributed by atoms with Gasteiger partial charge in [0.15, 0.2) is 0 Å². The van der Waals surface area contributed by atoms with E-state index in [0.29, 0.717) is 11.8 Å². The summed E-state index contributed by atoms with van der Waals surface area (Å²) >= 11 is 0. The number of hydrogen-bond acceptors (Lipinski definition) is 0. The molecule has 1 radical (unpaired) electrons. The van der Waals surface area contributed by atoms with Crippen LogP contribution < -0.4 is 5.32 Å². The van der Waals surface area contributed by atoms with Gasteiger partial charge in [0.2, 0.25) is 0 Å². The summed E-state index contributed by atoms with van der Waals surface area (Å²) in [5.41, 5.74) is 4.79. The van der Waals surface area contributed by atoms with Gasteiger partial charge in [0, 0.05) is 0 Å². The van der Waals surface area contributed by atoms with Crippen molar-refractivity contribution in [1.29, 1.82) is 0 Å². The van der Waals surface area contributed by atoms with Crippen molar-refractivity contribution in [3.63, 3.8) is 0 Å². The maximum atomic E-state index is 4.88. The predicted octanol–water partition coefficient (Wildman–Crippen LogP) is 5.50. The molecule has 0 N–H and O–H groups in total. The van der Waals surface area contributed by atoms with Gasteiger partial charge < -0.3 is 0 Å². The van der Waals surface area contributed by atoms with E-state index in [1.54, 1.807) is 0 Å². The van der Waals surface area contributed by atoms with Crippen LogP contribution in [-0.4, -0.2) is 0 Å². The molecule has 1 nitrogen and oxygen atoms in total. The molecule has 99 valence electrons. The van der Waals surface area contributed by atoms with Crippen LogP contribution in [0, 0.1) is 0 Å². The second-order valence-corrected chi connectivity index (χ2v) is 5.54. The van der Waals surface area contributed by atoms with Crippen LogP contribution in [0.2, 0.25) is 0 Å². The molecular formula is C18H22N. The highest BCUT2D eigenvalue weighted by Crippen LogP contribution is 2.31. The zero-order chi connectivity index (χ0) is 13.8. The zero-order valence-electron chi connectivity index (χ0n) is 12.2. The number of benzene rings is 2. The molecule has 0 fully saturated rings. The van der Waals surface area contributed by atoms with Gasteiger partial charge in [0.25, 0.3) is 0 Å². The van der Waals surface area contributed by atoms with Crippen molar-refractivity contribution >= 4 is 11.4 Å². The maximum absolute atomic E-state index is 4.88. The molecule has 0 amide bonds. The highest BCUT2D eigenvalue weighted by Gasteiger charge is 2.11. The summed E-state index contributed by atoms with van der Waals surface area (Å²) in [7, 11) is 0. The Morgan fingerprint density at radius 1 is 0.632 bits per heavy atom. The van der Waals surface area contributed by atoms with E-state index in [4.69, 9.17) is 5.32 Å². The van der Waals surface area contributed by atoms with Crippen LogP contribution in [0.25, 0.3) is 0 Å². The Kier molecular flexibility index (Phi) is 4.26. The molecule has 0 aliphatic heterocycles. The molecule has 0 bridgehead atoms. The Hall–Kier alpha value is -1.76. The molecule has 0 aliphatic carbocycles. The van der Waals surface area contributed by atoms with Gasteiger partial charge in [-0.05, 0) is 35.1 Å². The molecular weight excluding hydrogens is 230 g/mol. The molecule has 0 aromatic heterocycles. The summed E-state index contributed by atoms with van der Waals surface area (Å²) in [4.78, 5) is 0. The van der Waals surface area contributed by atoms with Gasteiger partial charge in [0.05, 0.1) is 11.4 Å². The fourth-order valence-electron chi connectivity index (χ4n) is 2.28. The highest BCUT2D eigenvalue weighted by atomic mass is 14.9. The summed E-state index contributed by atoms with van der Waals surface area (Å²) in [5, 5.41) is 4.88. The third-order valence-electron chi connectivity index (χ3n) is 3.36. The summed E-state index contributed by atoms with van der Waals surface area (Å²) < 4.78 is 0. The van der Waals surface area contributed by atoms with Crippen molar-refractivity contribution in [1.82, 2.24) is 5.32 Å². The Morgan fingerprint density at radius 2 is 1.00 bits per heavy atom. The molecule has 0 heterocycles. The number of hydrogen-bond donors (Lipinski definition) is 0. The summed E-state index contributed by atoms with van der Waals surface area (Å²) in [6.45, 7) is 8.84. The van der Waals surface area contributed by atoms with Crippen molar-refractivity contribution in [2.24, 2.45) is 0 Å². The molecule has 2 aromatic rings. The standard InChI is InChI=1S/C18H22N/c1-13(2)15-9-5-7-11-17(15)19-18-12-8-6-10-16(18)14(3)4/h5-14H,1-4H3. The molecule has 0 saturated carbocycles. The first-order chi connectivity index (χ1) is 9.09. The van der Waals surface area contributed by atoms with Gasteiger partial charge in [-0.1, -0.05) is 64.1 Å². The predicted molar refractivity (Wildman–Crippen MR) is 82.5 cm³/mol. The van der Waals surface area contributed by atoms with Crippen molar-refractivity contribution in [2.75, 3.05) is 0 Å². The Bertz CT molecular complexity index is 491. The largest absolute Gasteiger partial charge is 0.248 e. The normalized spacial score (nSPS) is 11.1. The van der Waals surface area contributed by atoms with Crippen LogP contribution in [0.15, 0.2) is 48.5 Å². The van der Waals surface area contributed by atoms with E-state index in [2.05, 4.69) is 76.2 Å². The summed E-state index contributed by atoms with van der Waals surface area (Å²) in [6.07, 6.45) is 0. The van der Waals surface area contributed by atoms with Crippen LogP contribution in [-0.2, 0) is 0 Å². The van der Waals surface area contributed by atoms with Gasteiger partial charge in [-0.2, -0.15) is 0 Å². The van der Waals surface area contributed by atoms with Crippen LogP contribution in [0.3, 0.4) is 0 Å². The van der Waals surface area contributed by atoms with Crippen molar-refractivity contribution in [2.45, 2.75) is 39.5 Å². The number of para-hydroxylation sites is 2. The molecule has 1 heteroatoms. The first-order valence-corrected chi connectivity index (χ1v) is 6.99. The fraction of sp³-hybridized carbons (Fsp3) is 0.333. The molecule has 2 rings (SSSR count). The molecule has 2 aromatic carbocycles. The second kappa shape index (κ2) is 5.92. The Labute approximate surface area is 116 Å². The van der Waals surface area contributed by atoms with Gasteiger partial charge >= 0.3 is 0 Å². The smallest absolute Gasteiger partial charge is 0.0671 e. The minimum Gasteiger partial charge on any atom is -0.248 e. The van der Waals surface area contributed by atoms with Gasteiger partial charge in [0.1, 0.15) is 0 Å². The molecule has 0 atom stereocenters. The van der Waals surface area contributed by atoms with E-state index in [9.17, 15) is 0 Å². The average molecular weight is 252 g/mol. The SMILES string of the molecule is CC(C)c1ccccc1[N]c1ccccc1C(C)C. The third-order valence-corrected chi connectivity index (χ3v) is 3.36. The second-order valence-electron chi connectivity index (χ2n) is 5.54. The Balaban J connectivity index is 2.37. The fourth-order valence-corrected chi connectivity index (χ4v) is 2.28. The highest BCUT2D eigenvalue weighted by molar-refractivity contribution is 5.58. The quantitative estimate of drug-likeness (QED) is 0.682. The molecule has 0 spiro atoms. The van der Waals surface area contributed by atoms with Gasteiger partial charge in [-0.25, -0.2) is 5.32 Å². The molecule has 0 aliphatic rings. The average Bonchev–Trinajstić information content (AvgIpc) is 2.39. The third kappa shape index (κ3) is 3.17. The van der Waals surface area contributed by atoms with E-state index in [1.165, 1.54) is 11.1 Å². The molecule has 0 saturated heterocycles. The van der Waals surface area contributed by atoms with Crippen molar-refractivity contribution < 1.29 is 0 Å². The Morgan fingerprint density at radius 3 is 1.37 bits per heavy atom. The van der Waals surface area contributed by atoms with Crippen molar-refractivity contribution in [3.8, 4) is 0 Å². The first kappa shape index (κ1) is 13.7. The lowest BCUT2D eigenvalue weighted by Gasteiger charge is -2.16. The topological polar surface area (TPSA) is 14.1 Å². The minimum atomic E-state index is 0.492. The first-order valence-electron chi connectivity index (χ1n) is 6.99. The van der Waals surface area contributed by atoms with E-state index >= 15 is 0 Å². The lowest BCUT2D eigenvalue weighted by Crippen LogP contribution is -2.00. The van der Waals surface area contributed by atoms with E-state index in [1.807, 2.05) is 0 Å². The number of nitrogens with zero attached hydrogens (tertiary/aromatic N) is 1. The van der Waals surface area contributed by atoms with Gasteiger partial charge in [-0.3, -0.25) is 0 Å². The van der Waals surface area contributed by atoms with E-state index in [-0.39, 0.29) is 0 Å². The minimum absolute atomic E-state index is 0.492. The van der Waals surface area contributed by atoms with E-state index < -0.39 is 0 Å². The van der Waals surface area contributed by atoms with Crippen LogP contribution in [0.5, 0.6) is 0 Å². The lowest BCUT2D eigenvalue weighted by atomic mass is 9.98. The summed E-state index contributed by atoms with van der Waals surface area (Å²) in [6, 6.07) is 16.8.